The van der Waals surface area contributed by atoms with Gasteiger partial charge in [-0.1, -0.05) is 36.7 Å². The average Bonchev–Trinajstić information content (AvgIpc) is 3.02. The number of allylic oxidation sites excluding steroid dienone is 1. The Kier molecular flexibility index (Phi) is 5.58. The molecule has 0 bridgehead atoms. The maximum atomic E-state index is 12.9. The minimum absolute atomic E-state index is 0.0173. The van der Waals surface area contributed by atoms with Crippen molar-refractivity contribution in [3.05, 3.63) is 40.9 Å². The fraction of sp³-hybridized carbons (Fsp3) is 0.654. The Hall–Kier alpha value is -1.52. The summed E-state index contributed by atoms with van der Waals surface area (Å²) in [5.41, 5.74) is 4.18. The van der Waals surface area contributed by atoms with Crippen molar-refractivity contribution >= 4 is 23.3 Å². The molecule has 4 nitrogen and oxygen atoms in total. The molecule has 0 unspecified atom stereocenters. The predicted molar refractivity (Wildman–Crippen MR) is 126 cm³/mol. The molecule has 1 aromatic carbocycles. The molecular weight excluding hydrogens is 408 g/mol. The van der Waals surface area contributed by atoms with Gasteiger partial charge in [-0.2, -0.15) is 0 Å². The number of ether oxygens (including phenoxy) is 1. The summed E-state index contributed by atoms with van der Waals surface area (Å²) in [6, 6.07) is 6.12. The molecule has 5 atom stereocenters. The van der Waals surface area contributed by atoms with Gasteiger partial charge in [-0.3, -0.25) is 9.69 Å². The normalized spacial score (nSPS) is 36.2. The van der Waals surface area contributed by atoms with Crippen molar-refractivity contribution in [2.75, 3.05) is 37.6 Å². The van der Waals surface area contributed by atoms with Crippen LogP contribution in [0.3, 0.4) is 0 Å². The summed E-state index contributed by atoms with van der Waals surface area (Å²) >= 11 is 6.23. The first kappa shape index (κ1) is 21.3. The molecule has 1 aromatic rings. The molecule has 2 saturated heterocycles. The summed E-state index contributed by atoms with van der Waals surface area (Å²) < 4.78 is 5.97. The molecule has 0 N–H and O–H groups in total. The molecule has 0 aromatic heterocycles. The first-order chi connectivity index (χ1) is 14.8. The average molecular weight is 443 g/mol. The first-order valence-electron chi connectivity index (χ1n) is 12.0. The molecule has 2 aliphatic carbocycles. The van der Waals surface area contributed by atoms with E-state index in [1.807, 2.05) is 6.07 Å². The van der Waals surface area contributed by atoms with Crippen LogP contribution >= 0.6 is 11.6 Å². The highest BCUT2D eigenvalue weighted by Gasteiger charge is 2.55. The number of fused-ring (bicyclic) bond motifs is 2. The SMILES string of the molecule is C=C1CCC[C@]2(C)C[C@H]3OC(=O)[C@H](CN4CCN(c5cc(Cl)ccc5C)CC4)[C@H]3C[C@@H]12. The molecule has 31 heavy (non-hydrogen) atoms. The number of esters is 1. The van der Waals surface area contributed by atoms with Gasteiger partial charge >= 0.3 is 5.97 Å². The first-order valence-corrected chi connectivity index (χ1v) is 12.3. The van der Waals surface area contributed by atoms with E-state index < -0.39 is 0 Å². The Morgan fingerprint density at radius 1 is 1.26 bits per heavy atom. The van der Waals surface area contributed by atoms with Gasteiger partial charge in [0.05, 0.1) is 5.92 Å². The van der Waals surface area contributed by atoms with Crippen LogP contribution in [0.4, 0.5) is 5.69 Å². The summed E-state index contributed by atoms with van der Waals surface area (Å²) in [6.07, 6.45) is 5.84. The lowest BCUT2D eigenvalue weighted by molar-refractivity contribution is -0.146. The second-order valence-electron chi connectivity index (χ2n) is 10.6. The maximum Gasteiger partial charge on any atom is 0.310 e. The van der Waals surface area contributed by atoms with E-state index in [0.717, 1.165) is 57.0 Å². The molecule has 5 heteroatoms. The second kappa shape index (κ2) is 8.12. The van der Waals surface area contributed by atoms with Crippen LogP contribution in [0.5, 0.6) is 0 Å². The van der Waals surface area contributed by atoms with E-state index in [4.69, 9.17) is 16.3 Å². The Morgan fingerprint density at radius 3 is 2.81 bits per heavy atom. The number of piperazine rings is 1. The van der Waals surface area contributed by atoms with Gasteiger partial charge in [-0.25, -0.2) is 0 Å². The zero-order valence-corrected chi connectivity index (χ0v) is 19.7. The third-order valence-corrected chi connectivity index (χ3v) is 8.89. The van der Waals surface area contributed by atoms with Crippen LogP contribution in [0.1, 0.15) is 44.6 Å². The van der Waals surface area contributed by atoms with Crippen molar-refractivity contribution in [3.8, 4) is 0 Å². The standard InChI is InChI=1S/C26H35ClN2O2/c1-17-5-4-8-26(3)15-24-20(14-22(17)26)21(25(30)31-24)16-28-9-11-29(12-10-28)23-13-19(27)7-6-18(23)2/h6-7,13,20-22,24H,1,4-5,8-12,14-16H2,2-3H3/t20-,21-,22+,24-,26-/m1/s1. The number of hydrogen-bond acceptors (Lipinski definition) is 4. The van der Waals surface area contributed by atoms with Crippen LogP contribution in [0.2, 0.25) is 5.02 Å². The lowest BCUT2D eigenvalue weighted by atomic mass is 9.55. The van der Waals surface area contributed by atoms with Gasteiger partial charge in [0, 0.05) is 49.4 Å². The predicted octanol–water partition coefficient (Wildman–Crippen LogP) is 5.08. The van der Waals surface area contributed by atoms with E-state index in [-0.39, 0.29) is 23.4 Å². The van der Waals surface area contributed by atoms with Crippen LogP contribution in [0, 0.1) is 30.1 Å². The molecule has 168 valence electrons. The van der Waals surface area contributed by atoms with Crippen LogP contribution in [-0.2, 0) is 9.53 Å². The third kappa shape index (κ3) is 3.91. The lowest BCUT2D eigenvalue weighted by Gasteiger charge is -2.50. The Labute approximate surface area is 191 Å². The van der Waals surface area contributed by atoms with E-state index in [2.05, 4.69) is 42.4 Å². The van der Waals surface area contributed by atoms with E-state index in [1.54, 1.807) is 0 Å². The number of hydrogen-bond donors (Lipinski definition) is 0. The molecule has 2 heterocycles. The minimum Gasteiger partial charge on any atom is -0.462 e. The van der Waals surface area contributed by atoms with Crippen LogP contribution < -0.4 is 4.90 Å². The second-order valence-corrected chi connectivity index (χ2v) is 11.1. The number of halogens is 1. The van der Waals surface area contributed by atoms with Gasteiger partial charge in [0.15, 0.2) is 0 Å². The monoisotopic (exact) mass is 442 g/mol. The molecule has 5 rings (SSSR count). The molecule has 0 spiro atoms. The van der Waals surface area contributed by atoms with Gasteiger partial charge < -0.3 is 9.64 Å². The molecule has 0 amide bonds. The van der Waals surface area contributed by atoms with E-state index >= 15 is 0 Å². The number of carbonyl (C=O) groups excluding carboxylic acids is 1. The maximum absolute atomic E-state index is 12.9. The number of benzene rings is 1. The van der Waals surface area contributed by atoms with Crippen molar-refractivity contribution in [1.82, 2.24) is 4.90 Å². The number of nitrogens with zero attached hydrogens (tertiary/aromatic N) is 2. The van der Waals surface area contributed by atoms with E-state index in [1.165, 1.54) is 29.7 Å². The highest BCUT2D eigenvalue weighted by atomic mass is 35.5. The van der Waals surface area contributed by atoms with Crippen molar-refractivity contribution in [2.45, 2.75) is 52.1 Å². The summed E-state index contributed by atoms with van der Waals surface area (Å²) in [5, 5.41) is 0.788. The smallest absolute Gasteiger partial charge is 0.310 e. The molecule has 4 fully saturated rings. The van der Waals surface area contributed by atoms with Crippen molar-refractivity contribution < 1.29 is 9.53 Å². The van der Waals surface area contributed by atoms with Gasteiger partial charge in [0.1, 0.15) is 6.10 Å². The minimum atomic E-state index is 0.0173. The van der Waals surface area contributed by atoms with Gasteiger partial charge in [-0.05, 0) is 68.1 Å². The highest BCUT2D eigenvalue weighted by molar-refractivity contribution is 6.30. The molecule has 2 aliphatic heterocycles. The van der Waals surface area contributed by atoms with Crippen molar-refractivity contribution in [1.29, 1.82) is 0 Å². The lowest BCUT2D eigenvalue weighted by Crippen LogP contribution is -2.50. The number of aryl methyl sites for hydroxylation is 1. The van der Waals surface area contributed by atoms with Crippen LogP contribution in [0.25, 0.3) is 0 Å². The fourth-order valence-electron chi connectivity index (χ4n) is 6.84. The van der Waals surface area contributed by atoms with E-state index in [0.29, 0.717) is 11.8 Å². The zero-order chi connectivity index (χ0) is 21.8. The topological polar surface area (TPSA) is 32.8 Å². The molecule has 4 aliphatic rings. The largest absolute Gasteiger partial charge is 0.462 e. The Morgan fingerprint density at radius 2 is 2.03 bits per heavy atom. The highest BCUT2D eigenvalue weighted by Crippen LogP contribution is 2.56. The summed E-state index contributed by atoms with van der Waals surface area (Å²) in [4.78, 5) is 17.8. The number of carbonyl (C=O) groups is 1. The van der Waals surface area contributed by atoms with Crippen molar-refractivity contribution in [3.63, 3.8) is 0 Å². The quantitative estimate of drug-likeness (QED) is 0.482. The molecular formula is C26H35ClN2O2. The van der Waals surface area contributed by atoms with Gasteiger partial charge in [0.2, 0.25) is 0 Å². The molecule has 0 radical (unpaired) electrons. The third-order valence-electron chi connectivity index (χ3n) is 8.66. The number of anilines is 1. The van der Waals surface area contributed by atoms with E-state index in [9.17, 15) is 4.79 Å². The fourth-order valence-corrected chi connectivity index (χ4v) is 7.00. The Balaban J connectivity index is 1.23. The van der Waals surface area contributed by atoms with Crippen LogP contribution in [0.15, 0.2) is 30.4 Å². The molecule has 2 saturated carbocycles. The van der Waals surface area contributed by atoms with Crippen LogP contribution in [-0.4, -0.2) is 49.7 Å². The summed E-state index contributed by atoms with van der Waals surface area (Å²) in [6.45, 7) is 13.7. The summed E-state index contributed by atoms with van der Waals surface area (Å²) in [7, 11) is 0. The van der Waals surface area contributed by atoms with Crippen molar-refractivity contribution in [2.24, 2.45) is 23.2 Å². The Bertz CT molecular complexity index is 878. The summed E-state index contributed by atoms with van der Waals surface area (Å²) in [5.74, 6) is 0.968. The zero-order valence-electron chi connectivity index (χ0n) is 18.9. The van der Waals surface area contributed by atoms with Gasteiger partial charge in [-0.15, -0.1) is 0 Å². The van der Waals surface area contributed by atoms with Gasteiger partial charge in [0.25, 0.3) is 0 Å². The number of rotatable bonds is 3.